The number of anilines is 1. The van der Waals surface area contributed by atoms with Crippen molar-refractivity contribution in [2.24, 2.45) is 5.92 Å². The Balaban J connectivity index is 1.29. The van der Waals surface area contributed by atoms with Crippen molar-refractivity contribution in [2.45, 2.75) is 76.0 Å². The van der Waals surface area contributed by atoms with Crippen molar-refractivity contribution < 1.29 is 9.84 Å². The summed E-state index contributed by atoms with van der Waals surface area (Å²) in [5, 5.41) is 14.2. The van der Waals surface area contributed by atoms with Crippen LogP contribution >= 0.6 is 0 Å². The minimum absolute atomic E-state index is 0.152. The highest BCUT2D eigenvalue weighted by Crippen LogP contribution is 2.32. The Morgan fingerprint density at radius 1 is 1.03 bits per heavy atom. The number of nitrogens with zero attached hydrogens (tertiary/aromatic N) is 3. The Kier molecular flexibility index (Phi) is 6.05. The lowest BCUT2D eigenvalue weighted by Crippen LogP contribution is -2.49. The quantitative estimate of drug-likeness (QED) is 0.777. The van der Waals surface area contributed by atoms with E-state index in [-0.39, 0.29) is 6.10 Å². The number of ether oxygens (including phenoxy) is 1. The van der Waals surface area contributed by atoms with E-state index in [0.717, 1.165) is 48.9 Å². The SMILES string of the molecule is OC1CCC(Nc2ncc3cccc(OCC4CCCN5CCCC[C@H]45)c3n2)CC1. The second kappa shape index (κ2) is 9.06. The number of aromatic nitrogens is 2. The number of nitrogens with one attached hydrogen (secondary N) is 1. The van der Waals surface area contributed by atoms with E-state index in [4.69, 9.17) is 9.72 Å². The molecule has 0 bridgehead atoms. The summed E-state index contributed by atoms with van der Waals surface area (Å²) < 4.78 is 6.39. The Labute approximate surface area is 179 Å². The largest absolute Gasteiger partial charge is 0.491 e. The van der Waals surface area contributed by atoms with Crippen LogP contribution in [0.2, 0.25) is 0 Å². The maximum Gasteiger partial charge on any atom is 0.223 e. The van der Waals surface area contributed by atoms with Gasteiger partial charge in [-0.05, 0) is 70.5 Å². The predicted molar refractivity (Wildman–Crippen MR) is 119 cm³/mol. The summed E-state index contributed by atoms with van der Waals surface area (Å²) in [6.45, 7) is 3.29. The van der Waals surface area contributed by atoms with Crippen molar-refractivity contribution in [3.63, 3.8) is 0 Å². The predicted octanol–water partition coefficient (Wildman–Crippen LogP) is 3.99. The van der Waals surface area contributed by atoms with E-state index in [0.29, 0.717) is 23.9 Å². The number of hydrogen-bond donors (Lipinski definition) is 2. The summed E-state index contributed by atoms with van der Waals surface area (Å²) in [6.07, 6.45) is 11.9. The Morgan fingerprint density at radius 2 is 1.90 bits per heavy atom. The first-order valence-electron chi connectivity index (χ1n) is 11.8. The van der Waals surface area contributed by atoms with Gasteiger partial charge in [0, 0.05) is 29.6 Å². The van der Waals surface area contributed by atoms with Crippen LogP contribution in [0.3, 0.4) is 0 Å². The van der Waals surface area contributed by atoms with Crippen LogP contribution < -0.4 is 10.1 Å². The third-order valence-electron chi connectivity index (χ3n) is 7.29. The van der Waals surface area contributed by atoms with Gasteiger partial charge < -0.3 is 15.2 Å². The molecule has 30 heavy (non-hydrogen) atoms. The van der Waals surface area contributed by atoms with E-state index in [1.165, 1.54) is 45.2 Å². The molecule has 3 heterocycles. The molecule has 1 unspecified atom stereocenters. The van der Waals surface area contributed by atoms with Crippen molar-refractivity contribution in [3.05, 3.63) is 24.4 Å². The standard InChI is InChI=1S/C24H34N4O2/c29-20-11-9-19(10-12-20)26-24-25-15-17-5-3-8-22(23(17)27-24)30-16-18-6-4-14-28-13-2-1-7-21(18)28/h3,5,8,15,18-21,29H,1-2,4,6-7,9-14,16H2,(H,25,26,27)/t18?,19?,20?,21-/m1/s1. The molecule has 2 atom stereocenters. The Bertz CT molecular complexity index is 850. The van der Waals surface area contributed by atoms with Crippen LogP contribution in [0.4, 0.5) is 5.95 Å². The number of aliphatic hydroxyl groups is 1. The second-order valence-electron chi connectivity index (χ2n) is 9.35. The average molecular weight is 411 g/mol. The molecule has 1 saturated carbocycles. The third-order valence-corrected chi connectivity index (χ3v) is 7.29. The van der Waals surface area contributed by atoms with Crippen molar-refractivity contribution in [1.29, 1.82) is 0 Å². The molecule has 1 aliphatic carbocycles. The zero-order valence-corrected chi connectivity index (χ0v) is 17.8. The number of aliphatic hydroxyl groups excluding tert-OH is 1. The molecule has 0 radical (unpaired) electrons. The summed E-state index contributed by atoms with van der Waals surface area (Å²) in [5.41, 5.74) is 0.891. The average Bonchev–Trinajstić information content (AvgIpc) is 2.79. The van der Waals surface area contributed by atoms with Gasteiger partial charge in [-0.15, -0.1) is 0 Å². The highest BCUT2D eigenvalue weighted by Gasteiger charge is 2.33. The molecule has 6 nitrogen and oxygen atoms in total. The van der Waals surface area contributed by atoms with Crippen LogP contribution in [-0.2, 0) is 0 Å². The molecule has 2 N–H and O–H groups in total. The van der Waals surface area contributed by atoms with Gasteiger partial charge in [0.2, 0.25) is 5.95 Å². The van der Waals surface area contributed by atoms with Crippen LogP contribution in [0.5, 0.6) is 5.75 Å². The minimum Gasteiger partial charge on any atom is -0.491 e. The second-order valence-corrected chi connectivity index (χ2v) is 9.35. The molecule has 3 fully saturated rings. The van der Waals surface area contributed by atoms with Crippen LogP contribution in [0.25, 0.3) is 10.9 Å². The molecule has 2 aromatic rings. The first kappa shape index (κ1) is 20.0. The zero-order valence-electron chi connectivity index (χ0n) is 17.8. The number of benzene rings is 1. The van der Waals surface area contributed by atoms with Gasteiger partial charge in [-0.3, -0.25) is 4.90 Å². The van der Waals surface area contributed by atoms with Crippen molar-refractivity contribution >= 4 is 16.9 Å². The summed E-state index contributed by atoms with van der Waals surface area (Å²) in [5.74, 6) is 2.14. The molecule has 0 spiro atoms. The summed E-state index contributed by atoms with van der Waals surface area (Å²) in [4.78, 5) is 12.0. The lowest BCUT2D eigenvalue weighted by atomic mass is 9.84. The number of hydrogen-bond acceptors (Lipinski definition) is 6. The lowest BCUT2D eigenvalue weighted by Gasteiger charge is -2.44. The normalized spacial score (nSPS) is 30.0. The maximum atomic E-state index is 9.73. The van der Waals surface area contributed by atoms with Crippen LogP contribution in [0.15, 0.2) is 24.4 Å². The number of para-hydroxylation sites is 1. The molecular weight excluding hydrogens is 376 g/mol. The molecule has 2 saturated heterocycles. The van der Waals surface area contributed by atoms with Gasteiger partial charge in [0.1, 0.15) is 11.3 Å². The van der Waals surface area contributed by atoms with Gasteiger partial charge in [0.15, 0.2) is 0 Å². The molecule has 6 heteroatoms. The van der Waals surface area contributed by atoms with Gasteiger partial charge in [0.25, 0.3) is 0 Å². The van der Waals surface area contributed by atoms with Gasteiger partial charge in [-0.25, -0.2) is 9.97 Å². The van der Waals surface area contributed by atoms with Gasteiger partial charge in [-0.2, -0.15) is 0 Å². The van der Waals surface area contributed by atoms with Crippen LogP contribution in [0, 0.1) is 5.92 Å². The van der Waals surface area contributed by atoms with Gasteiger partial charge in [-0.1, -0.05) is 18.6 Å². The van der Waals surface area contributed by atoms with Crippen molar-refractivity contribution in [2.75, 3.05) is 25.0 Å². The smallest absolute Gasteiger partial charge is 0.223 e. The molecule has 2 aliphatic heterocycles. The molecular formula is C24H34N4O2. The monoisotopic (exact) mass is 410 g/mol. The number of rotatable bonds is 5. The van der Waals surface area contributed by atoms with E-state index in [1.807, 2.05) is 24.4 Å². The van der Waals surface area contributed by atoms with Gasteiger partial charge >= 0.3 is 0 Å². The Morgan fingerprint density at radius 3 is 2.80 bits per heavy atom. The van der Waals surface area contributed by atoms with E-state index < -0.39 is 0 Å². The topological polar surface area (TPSA) is 70.5 Å². The molecule has 162 valence electrons. The molecule has 1 aromatic heterocycles. The highest BCUT2D eigenvalue weighted by atomic mass is 16.5. The molecule has 1 aromatic carbocycles. The lowest BCUT2D eigenvalue weighted by molar-refractivity contribution is 0.0368. The maximum absolute atomic E-state index is 9.73. The van der Waals surface area contributed by atoms with Crippen LogP contribution in [0.1, 0.15) is 57.8 Å². The van der Waals surface area contributed by atoms with E-state index in [1.54, 1.807) is 0 Å². The first-order valence-corrected chi connectivity index (χ1v) is 11.8. The van der Waals surface area contributed by atoms with Gasteiger partial charge in [0.05, 0.1) is 12.7 Å². The summed E-state index contributed by atoms with van der Waals surface area (Å²) in [6, 6.07) is 7.14. The summed E-state index contributed by atoms with van der Waals surface area (Å²) in [7, 11) is 0. The third kappa shape index (κ3) is 4.40. The number of piperidine rings is 2. The summed E-state index contributed by atoms with van der Waals surface area (Å²) >= 11 is 0. The fourth-order valence-electron chi connectivity index (χ4n) is 5.59. The van der Waals surface area contributed by atoms with E-state index >= 15 is 0 Å². The van der Waals surface area contributed by atoms with E-state index in [2.05, 4.69) is 15.2 Å². The van der Waals surface area contributed by atoms with Crippen molar-refractivity contribution in [3.8, 4) is 5.75 Å². The number of fused-ring (bicyclic) bond motifs is 2. The molecule has 3 aliphatic rings. The van der Waals surface area contributed by atoms with Crippen molar-refractivity contribution in [1.82, 2.24) is 14.9 Å². The van der Waals surface area contributed by atoms with Crippen LogP contribution in [-0.4, -0.2) is 57.9 Å². The minimum atomic E-state index is -0.152. The Hall–Kier alpha value is -1.92. The molecule has 0 amide bonds. The fraction of sp³-hybridized carbons (Fsp3) is 0.667. The van der Waals surface area contributed by atoms with E-state index in [9.17, 15) is 5.11 Å². The molecule has 5 rings (SSSR count). The zero-order chi connectivity index (χ0) is 20.3. The first-order chi connectivity index (χ1) is 14.8. The fourth-order valence-corrected chi connectivity index (χ4v) is 5.59. The highest BCUT2D eigenvalue weighted by molar-refractivity contribution is 5.84.